The molecular weight excluding hydrogens is 260 g/mol. The maximum absolute atomic E-state index is 13.4. The molecule has 0 N–H and O–H groups in total. The molecule has 1 aliphatic carbocycles. The number of hydrogen-bond acceptors (Lipinski definition) is 3. The Bertz CT molecular complexity index is 516. The minimum atomic E-state index is -0.264. The van der Waals surface area contributed by atoms with E-state index in [0.717, 1.165) is 44.5 Å². The smallest absolute Gasteiger partial charge is 0.162 e. The lowest BCUT2D eigenvalue weighted by Gasteiger charge is -2.41. The van der Waals surface area contributed by atoms with E-state index >= 15 is 0 Å². The first kappa shape index (κ1) is 14.7. The van der Waals surface area contributed by atoms with E-state index in [4.69, 9.17) is 0 Å². The maximum atomic E-state index is 13.4. The molecule has 1 aromatic heterocycles. The molecule has 21 heavy (non-hydrogen) atoms. The molecule has 0 spiro atoms. The molecule has 3 nitrogen and oxygen atoms in total. The number of fused-ring (bicyclic) bond motifs is 1. The van der Waals surface area contributed by atoms with Gasteiger partial charge in [-0.2, -0.15) is 0 Å². The fraction of sp³-hybridized carbons (Fsp3) is 0.667. The zero-order valence-corrected chi connectivity index (χ0v) is 13.3. The highest BCUT2D eigenvalue weighted by molar-refractivity contribution is 5.94. The summed E-state index contributed by atoms with van der Waals surface area (Å²) in [6, 6.07) is 4.12. The molecule has 1 atom stereocenters. The van der Waals surface area contributed by atoms with Gasteiger partial charge in [0.1, 0.15) is 0 Å². The zero-order valence-electron chi connectivity index (χ0n) is 13.3. The molecule has 1 unspecified atom stereocenters. The third-order valence-corrected chi connectivity index (χ3v) is 5.61. The Hall–Kier alpha value is -1.22. The number of hydrogen-bond donors (Lipinski definition) is 0. The topological polar surface area (TPSA) is 33.2 Å². The van der Waals surface area contributed by atoms with Gasteiger partial charge in [-0.05, 0) is 63.2 Å². The van der Waals surface area contributed by atoms with Crippen LogP contribution < -0.4 is 0 Å². The maximum Gasteiger partial charge on any atom is 0.162 e. The van der Waals surface area contributed by atoms with E-state index in [1.807, 2.05) is 12.3 Å². The Balaban J connectivity index is 1.92. The van der Waals surface area contributed by atoms with Crippen molar-refractivity contribution in [3.8, 4) is 0 Å². The van der Waals surface area contributed by atoms with E-state index in [9.17, 15) is 4.79 Å². The number of carbonyl (C=O) groups is 1. The lowest BCUT2D eigenvalue weighted by atomic mass is 9.79. The predicted molar refractivity (Wildman–Crippen MR) is 84.4 cm³/mol. The summed E-state index contributed by atoms with van der Waals surface area (Å²) in [6.07, 6.45) is 8.08. The van der Waals surface area contributed by atoms with Crippen LogP contribution in [0.2, 0.25) is 0 Å². The Morgan fingerprint density at radius 3 is 2.71 bits per heavy atom. The number of ketones is 1. The zero-order chi connectivity index (χ0) is 14.9. The first-order valence-electron chi connectivity index (χ1n) is 8.46. The number of aryl methyl sites for hydroxylation is 1. The molecule has 1 aromatic rings. The fourth-order valence-electron chi connectivity index (χ4n) is 4.34. The van der Waals surface area contributed by atoms with E-state index in [1.165, 1.54) is 18.4 Å². The largest absolute Gasteiger partial charge is 0.297 e. The van der Waals surface area contributed by atoms with Gasteiger partial charge in [0.05, 0.1) is 17.2 Å². The first-order chi connectivity index (χ1) is 10.2. The number of rotatable bonds is 5. The summed E-state index contributed by atoms with van der Waals surface area (Å²) in [5.74, 6) is 0.438. The Kier molecular flexibility index (Phi) is 4.12. The summed E-state index contributed by atoms with van der Waals surface area (Å²) in [4.78, 5) is 20.4. The van der Waals surface area contributed by atoms with Crippen molar-refractivity contribution in [2.45, 2.75) is 63.8 Å². The van der Waals surface area contributed by atoms with Crippen molar-refractivity contribution in [1.29, 1.82) is 0 Å². The van der Waals surface area contributed by atoms with Gasteiger partial charge in [0, 0.05) is 6.20 Å². The summed E-state index contributed by atoms with van der Waals surface area (Å²) >= 11 is 0. The molecule has 1 fully saturated rings. The molecule has 2 aliphatic rings. The standard InChI is InChI=1S/C18H26N2O/c1-3-18(4-2,20-12-5-6-13-20)17(21)15-10-9-14-8-7-11-19-16(14)15/h7-8,11,15H,3-6,9-10,12-13H2,1-2H3. The van der Waals surface area contributed by atoms with Crippen molar-refractivity contribution in [3.63, 3.8) is 0 Å². The van der Waals surface area contributed by atoms with Crippen LogP contribution >= 0.6 is 0 Å². The molecule has 0 bridgehead atoms. The average molecular weight is 286 g/mol. The highest BCUT2D eigenvalue weighted by atomic mass is 16.1. The number of likely N-dealkylation sites (tertiary alicyclic amines) is 1. The van der Waals surface area contributed by atoms with Crippen LogP contribution in [-0.4, -0.2) is 34.3 Å². The van der Waals surface area contributed by atoms with E-state index in [2.05, 4.69) is 29.8 Å². The van der Waals surface area contributed by atoms with Crippen molar-refractivity contribution in [1.82, 2.24) is 9.88 Å². The normalized spacial score (nSPS) is 22.5. The minimum Gasteiger partial charge on any atom is -0.297 e. The molecule has 1 aliphatic heterocycles. The monoisotopic (exact) mass is 286 g/mol. The van der Waals surface area contributed by atoms with Gasteiger partial charge in [-0.25, -0.2) is 0 Å². The van der Waals surface area contributed by atoms with Crippen LogP contribution in [-0.2, 0) is 11.2 Å². The van der Waals surface area contributed by atoms with Crippen LogP contribution in [0.15, 0.2) is 18.3 Å². The van der Waals surface area contributed by atoms with Crippen molar-refractivity contribution >= 4 is 5.78 Å². The fourth-order valence-corrected chi connectivity index (χ4v) is 4.34. The summed E-state index contributed by atoms with van der Waals surface area (Å²) in [6.45, 7) is 6.51. The van der Waals surface area contributed by atoms with E-state index < -0.39 is 0 Å². The minimum absolute atomic E-state index is 0.0155. The Morgan fingerprint density at radius 2 is 2.05 bits per heavy atom. The highest BCUT2D eigenvalue weighted by Crippen LogP contribution is 2.39. The second-order valence-electron chi connectivity index (χ2n) is 6.44. The molecule has 3 heteroatoms. The Morgan fingerprint density at radius 1 is 1.33 bits per heavy atom. The van der Waals surface area contributed by atoms with Gasteiger partial charge >= 0.3 is 0 Å². The Labute approximate surface area is 127 Å². The van der Waals surface area contributed by atoms with Crippen LogP contribution in [0.1, 0.15) is 63.1 Å². The van der Waals surface area contributed by atoms with Gasteiger partial charge in [0.25, 0.3) is 0 Å². The second-order valence-corrected chi connectivity index (χ2v) is 6.44. The van der Waals surface area contributed by atoms with Crippen LogP contribution in [0.25, 0.3) is 0 Å². The van der Waals surface area contributed by atoms with E-state index in [-0.39, 0.29) is 11.5 Å². The predicted octanol–water partition coefficient (Wildman–Crippen LogP) is 3.34. The van der Waals surface area contributed by atoms with Gasteiger partial charge in [-0.15, -0.1) is 0 Å². The van der Waals surface area contributed by atoms with Crippen LogP contribution in [0.5, 0.6) is 0 Å². The number of pyridine rings is 1. The van der Waals surface area contributed by atoms with Crippen LogP contribution in [0.4, 0.5) is 0 Å². The van der Waals surface area contributed by atoms with Crippen molar-refractivity contribution < 1.29 is 4.79 Å². The van der Waals surface area contributed by atoms with Crippen molar-refractivity contribution in [3.05, 3.63) is 29.6 Å². The number of Topliss-reactive ketones (excluding diaryl/α,β-unsaturated/α-hetero) is 1. The molecule has 3 rings (SSSR count). The van der Waals surface area contributed by atoms with E-state index in [1.54, 1.807) is 0 Å². The number of aromatic nitrogens is 1. The summed E-state index contributed by atoms with van der Waals surface area (Å²) < 4.78 is 0. The quantitative estimate of drug-likeness (QED) is 0.832. The third-order valence-electron chi connectivity index (χ3n) is 5.61. The average Bonchev–Trinajstić information content (AvgIpc) is 3.18. The molecular formula is C18H26N2O. The highest BCUT2D eigenvalue weighted by Gasteiger charge is 2.46. The lowest BCUT2D eigenvalue weighted by molar-refractivity contribution is -0.133. The number of nitrogens with zero attached hydrogens (tertiary/aromatic N) is 2. The van der Waals surface area contributed by atoms with Crippen LogP contribution in [0, 0.1) is 0 Å². The van der Waals surface area contributed by atoms with Crippen molar-refractivity contribution in [2.75, 3.05) is 13.1 Å². The van der Waals surface area contributed by atoms with Gasteiger partial charge < -0.3 is 0 Å². The van der Waals surface area contributed by atoms with Gasteiger partial charge in [0.15, 0.2) is 5.78 Å². The summed E-state index contributed by atoms with van der Waals surface area (Å²) in [7, 11) is 0. The van der Waals surface area contributed by atoms with Gasteiger partial charge in [0.2, 0.25) is 0 Å². The molecule has 0 radical (unpaired) electrons. The SMILES string of the molecule is CCC(CC)(C(=O)C1CCc2cccnc21)N1CCCC1. The molecule has 0 amide bonds. The third kappa shape index (κ3) is 2.32. The van der Waals surface area contributed by atoms with Gasteiger partial charge in [-0.3, -0.25) is 14.7 Å². The summed E-state index contributed by atoms with van der Waals surface area (Å²) in [5, 5.41) is 0. The number of carbonyl (C=O) groups excluding carboxylic acids is 1. The van der Waals surface area contributed by atoms with E-state index in [0.29, 0.717) is 5.78 Å². The molecule has 1 saturated heterocycles. The van der Waals surface area contributed by atoms with Crippen molar-refractivity contribution in [2.24, 2.45) is 0 Å². The molecule has 114 valence electrons. The second kappa shape index (κ2) is 5.88. The molecule has 2 heterocycles. The lowest BCUT2D eigenvalue weighted by Crippen LogP contribution is -2.54. The van der Waals surface area contributed by atoms with Crippen LogP contribution in [0.3, 0.4) is 0 Å². The molecule has 0 aromatic carbocycles. The molecule has 0 saturated carbocycles. The summed E-state index contributed by atoms with van der Waals surface area (Å²) in [5.41, 5.74) is 2.06. The van der Waals surface area contributed by atoms with Gasteiger partial charge in [-0.1, -0.05) is 19.9 Å². The first-order valence-corrected chi connectivity index (χ1v) is 8.46.